The maximum absolute atomic E-state index is 13.2. The van der Waals surface area contributed by atoms with E-state index in [1.54, 1.807) is 6.07 Å². The van der Waals surface area contributed by atoms with Gasteiger partial charge in [0, 0.05) is 31.7 Å². The highest BCUT2D eigenvalue weighted by Crippen LogP contribution is 2.31. The van der Waals surface area contributed by atoms with Gasteiger partial charge in [-0.2, -0.15) is 4.31 Å². The highest BCUT2D eigenvalue weighted by atomic mass is 35.5. The summed E-state index contributed by atoms with van der Waals surface area (Å²) in [5.41, 5.74) is 0. The average Bonchev–Trinajstić information content (AvgIpc) is 3.28. The van der Waals surface area contributed by atoms with Gasteiger partial charge in [-0.3, -0.25) is 4.79 Å². The molecule has 3 saturated heterocycles. The summed E-state index contributed by atoms with van der Waals surface area (Å²) < 4.78 is 38.5. The standard InChI is InChI=1S/C19H26ClN3O5S/c20-17-16(5-3-8-21-17)29(25,26)22-10-6-14(7-11-22)18(24)23-9-2-1-4-15(23)19-27-12-13-28-19/h3,5,8,14-15,19H,1-2,4,6-7,9-13H2. The number of hydrogen-bond donors (Lipinski definition) is 0. The number of carbonyl (C=O) groups excluding carboxylic acids is 1. The van der Waals surface area contributed by atoms with Crippen molar-refractivity contribution in [2.75, 3.05) is 32.8 Å². The van der Waals surface area contributed by atoms with E-state index in [0.29, 0.717) is 45.7 Å². The maximum atomic E-state index is 13.2. The second-order valence-corrected chi connectivity index (χ2v) is 9.94. The quantitative estimate of drug-likeness (QED) is 0.660. The molecule has 3 aliphatic rings. The number of sulfonamides is 1. The molecule has 0 spiro atoms. The van der Waals surface area contributed by atoms with Gasteiger partial charge >= 0.3 is 0 Å². The molecule has 1 aromatic rings. The fourth-order valence-corrected chi connectivity index (χ4v) is 6.29. The Balaban J connectivity index is 1.41. The number of ether oxygens (including phenoxy) is 2. The minimum Gasteiger partial charge on any atom is -0.348 e. The van der Waals surface area contributed by atoms with Crippen molar-refractivity contribution in [1.82, 2.24) is 14.2 Å². The Morgan fingerprint density at radius 1 is 1.10 bits per heavy atom. The van der Waals surface area contributed by atoms with Crippen molar-refractivity contribution < 1.29 is 22.7 Å². The van der Waals surface area contributed by atoms with Crippen LogP contribution in [0.2, 0.25) is 5.15 Å². The van der Waals surface area contributed by atoms with E-state index in [1.807, 2.05) is 4.90 Å². The largest absolute Gasteiger partial charge is 0.348 e. The van der Waals surface area contributed by atoms with Crippen LogP contribution in [-0.2, 0) is 24.3 Å². The molecule has 0 bridgehead atoms. The van der Waals surface area contributed by atoms with Crippen LogP contribution in [0.1, 0.15) is 32.1 Å². The van der Waals surface area contributed by atoms with E-state index in [2.05, 4.69) is 4.98 Å². The third-order valence-corrected chi connectivity index (χ3v) is 8.28. The molecule has 0 aliphatic carbocycles. The molecule has 0 radical (unpaired) electrons. The van der Waals surface area contributed by atoms with Crippen molar-refractivity contribution in [2.24, 2.45) is 5.92 Å². The van der Waals surface area contributed by atoms with Gasteiger partial charge in [0.25, 0.3) is 0 Å². The van der Waals surface area contributed by atoms with Gasteiger partial charge in [-0.15, -0.1) is 0 Å². The van der Waals surface area contributed by atoms with E-state index >= 15 is 0 Å². The van der Waals surface area contributed by atoms with Crippen molar-refractivity contribution in [3.05, 3.63) is 23.5 Å². The van der Waals surface area contributed by atoms with Crippen molar-refractivity contribution >= 4 is 27.5 Å². The predicted molar refractivity (Wildman–Crippen MR) is 106 cm³/mol. The summed E-state index contributed by atoms with van der Waals surface area (Å²) in [6.45, 7) is 2.42. The van der Waals surface area contributed by atoms with Gasteiger partial charge in [0.2, 0.25) is 15.9 Å². The SMILES string of the molecule is O=C(C1CCN(S(=O)(=O)c2cccnc2Cl)CC1)N1CCCCC1C1OCCO1. The average molecular weight is 444 g/mol. The molecular formula is C19H26ClN3O5S. The summed E-state index contributed by atoms with van der Waals surface area (Å²) in [6.07, 6.45) is 5.01. The molecule has 1 atom stereocenters. The first-order valence-corrected chi connectivity index (χ1v) is 11.9. The number of carbonyl (C=O) groups is 1. The first-order valence-electron chi connectivity index (χ1n) is 10.1. The lowest BCUT2D eigenvalue weighted by Crippen LogP contribution is -2.53. The van der Waals surface area contributed by atoms with Gasteiger partial charge in [-0.25, -0.2) is 13.4 Å². The molecule has 8 nitrogen and oxygen atoms in total. The number of likely N-dealkylation sites (tertiary alicyclic amines) is 1. The number of amides is 1. The van der Waals surface area contributed by atoms with Crippen LogP contribution in [0.5, 0.6) is 0 Å². The smallest absolute Gasteiger partial charge is 0.246 e. The number of hydrogen-bond acceptors (Lipinski definition) is 6. The van der Waals surface area contributed by atoms with Gasteiger partial charge in [-0.05, 0) is 44.2 Å². The minimum absolute atomic E-state index is 0.0121. The Labute approximate surface area is 176 Å². The molecule has 0 N–H and O–H groups in total. The van der Waals surface area contributed by atoms with Gasteiger partial charge in [0.05, 0.1) is 19.3 Å². The molecule has 29 heavy (non-hydrogen) atoms. The minimum atomic E-state index is -3.72. The van der Waals surface area contributed by atoms with Crippen LogP contribution in [0, 0.1) is 5.92 Å². The lowest BCUT2D eigenvalue weighted by molar-refractivity contribution is -0.155. The monoisotopic (exact) mass is 443 g/mol. The molecule has 4 heterocycles. The number of halogens is 1. The molecular weight excluding hydrogens is 418 g/mol. The molecule has 160 valence electrons. The molecule has 3 aliphatic heterocycles. The Morgan fingerprint density at radius 3 is 2.52 bits per heavy atom. The molecule has 1 aromatic heterocycles. The van der Waals surface area contributed by atoms with Crippen molar-refractivity contribution in [2.45, 2.75) is 49.3 Å². The summed E-state index contributed by atoms with van der Waals surface area (Å²) in [7, 11) is -3.72. The van der Waals surface area contributed by atoms with E-state index in [0.717, 1.165) is 19.3 Å². The van der Waals surface area contributed by atoms with Crippen molar-refractivity contribution in [1.29, 1.82) is 0 Å². The van der Waals surface area contributed by atoms with Gasteiger partial charge in [-0.1, -0.05) is 11.6 Å². The first-order chi connectivity index (χ1) is 14.0. The highest BCUT2D eigenvalue weighted by Gasteiger charge is 2.40. The van der Waals surface area contributed by atoms with Crippen LogP contribution in [0.4, 0.5) is 0 Å². The third kappa shape index (κ3) is 4.29. The van der Waals surface area contributed by atoms with Crippen LogP contribution in [0.25, 0.3) is 0 Å². The van der Waals surface area contributed by atoms with Crippen LogP contribution in [0.15, 0.2) is 23.2 Å². The van der Waals surface area contributed by atoms with Crippen LogP contribution < -0.4 is 0 Å². The zero-order chi connectivity index (χ0) is 20.4. The zero-order valence-electron chi connectivity index (χ0n) is 16.2. The molecule has 0 aromatic carbocycles. The molecule has 1 amide bonds. The van der Waals surface area contributed by atoms with E-state index in [1.165, 1.54) is 16.6 Å². The third-order valence-electron chi connectivity index (χ3n) is 5.94. The number of rotatable bonds is 4. The molecule has 1 unspecified atom stereocenters. The summed E-state index contributed by atoms with van der Waals surface area (Å²) in [6, 6.07) is 2.97. The van der Waals surface area contributed by atoms with Crippen LogP contribution >= 0.6 is 11.6 Å². The summed E-state index contributed by atoms with van der Waals surface area (Å²) in [5.74, 6) is -0.0990. The molecule has 10 heteroatoms. The Morgan fingerprint density at radius 2 is 1.83 bits per heavy atom. The lowest BCUT2D eigenvalue weighted by Gasteiger charge is -2.41. The Hall–Kier alpha value is -1.26. The fraction of sp³-hybridized carbons (Fsp3) is 0.684. The topological polar surface area (TPSA) is 89.0 Å². The summed E-state index contributed by atoms with van der Waals surface area (Å²) in [4.78, 5) is 19.0. The fourth-order valence-electron chi connectivity index (χ4n) is 4.39. The molecule has 0 saturated carbocycles. The van der Waals surface area contributed by atoms with Gasteiger partial charge in [0.15, 0.2) is 6.29 Å². The number of aromatic nitrogens is 1. The normalized spacial score (nSPS) is 25.4. The first kappa shape index (κ1) is 21.0. The highest BCUT2D eigenvalue weighted by molar-refractivity contribution is 7.89. The molecule has 4 rings (SSSR count). The second-order valence-electron chi connectivity index (χ2n) is 7.68. The summed E-state index contributed by atoms with van der Waals surface area (Å²) >= 11 is 5.99. The Bertz CT molecular complexity index is 838. The van der Waals surface area contributed by atoms with E-state index in [4.69, 9.17) is 21.1 Å². The van der Waals surface area contributed by atoms with Gasteiger partial charge in [0.1, 0.15) is 10.0 Å². The number of piperidine rings is 2. The number of nitrogens with zero attached hydrogens (tertiary/aromatic N) is 3. The van der Waals surface area contributed by atoms with Crippen LogP contribution in [-0.4, -0.2) is 73.7 Å². The van der Waals surface area contributed by atoms with E-state index in [-0.39, 0.29) is 34.2 Å². The predicted octanol–water partition coefficient (Wildman–Crippen LogP) is 1.89. The second kappa shape index (κ2) is 8.85. The van der Waals surface area contributed by atoms with Crippen molar-refractivity contribution in [3.8, 4) is 0 Å². The zero-order valence-corrected chi connectivity index (χ0v) is 17.8. The molecule has 3 fully saturated rings. The number of pyridine rings is 1. The summed E-state index contributed by atoms with van der Waals surface area (Å²) in [5, 5.41) is -0.0292. The Kier molecular flexibility index (Phi) is 6.41. The van der Waals surface area contributed by atoms with Crippen LogP contribution in [0.3, 0.4) is 0 Å². The maximum Gasteiger partial charge on any atom is 0.246 e. The van der Waals surface area contributed by atoms with E-state index in [9.17, 15) is 13.2 Å². The lowest BCUT2D eigenvalue weighted by atomic mass is 9.93. The van der Waals surface area contributed by atoms with Crippen molar-refractivity contribution in [3.63, 3.8) is 0 Å². The van der Waals surface area contributed by atoms with E-state index < -0.39 is 10.0 Å². The van der Waals surface area contributed by atoms with Gasteiger partial charge < -0.3 is 14.4 Å².